The van der Waals surface area contributed by atoms with Crippen LogP contribution in [0.2, 0.25) is 0 Å². The van der Waals surface area contributed by atoms with E-state index < -0.39 is 20.5 Å². The molecule has 0 saturated heterocycles. The van der Waals surface area contributed by atoms with Gasteiger partial charge in [0.25, 0.3) is 0 Å². The molecule has 1 aromatic carbocycles. The van der Waals surface area contributed by atoms with Crippen LogP contribution in [0.1, 0.15) is 23.6 Å². The van der Waals surface area contributed by atoms with E-state index in [9.17, 15) is 13.2 Å². The van der Waals surface area contributed by atoms with Crippen molar-refractivity contribution in [3.05, 3.63) is 50.6 Å². The maximum Gasteiger partial charge on any atom is 0.243 e. The Morgan fingerprint density at radius 2 is 1.75 bits per heavy atom. The third kappa shape index (κ3) is 3.73. The van der Waals surface area contributed by atoms with Crippen molar-refractivity contribution in [1.82, 2.24) is 4.90 Å². The topological polar surface area (TPSA) is 54.5 Å². The number of rotatable bonds is 5. The molecule has 1 amide bonds. The zero-order valence-electron chi connectivity index (χ0n) is 14.0. The van der Waals surface area contributed by atoms with Crippen LogP contribution in [0.5, 0.6) is 0 Å². The Kier molecular flexibility index (Phi) is 5.57. The Labute approximate surface area is 155 Å². The summed E-state index contributed by atoms with van der Waals surface area (Å²) in [5.41, 5.74) is 0. The van der Waals surface area contributed by atoms with Crippen LogP contribution in [-0.2, 0) is 21.2 Å². The number of hydrogen-bond acceptors (Lipinski definition) is 4. The van der Waals surface area contributed by atoms with Crippen LogP contribution in [0.4, 0.5) is 0 Å². The molecule has 0 N–H and O–H groups in total. The van der Waals surface area contributed by atoms with Gasteiger partial charge in [0.2, 0.25) is 5.91 Å². The highest BCUT2D eigenvalue weighted by atomic mass is 79.9. The third-order valence-corrected chi connectivity index (χ3v) is 7.77. The van der Waals surface area contributed by atoms with E-state index >= 15 is 0 Å². The summed E-state index contributed by atoms with van der Waals surface area (Å²) < 4.78 is 25.1. The number of amides is 1. The first-order chi connectivity index (χ1) is 11.1. The van der Waals surface area contributed by atoms with Crippen LogP contribution < -0.4 is 0 Å². The molecule has 130 valence electrons. The van der Waals surface area contributed by atoms with Crippen LogP contribution in [0.25, 0.3) is 0 Å². The fourth-order valence-corrected chi connectivity index (χ4v) is 5.04. The highest BCUT2D eigenvalue weighted by Crippen LogP contribution is 2.29. The van der Waals surface area contributed by atoms with Crippen molar-refractivity contribution in [3.63, 3.8) is 0 Å². The van der Waals surface area contributed by atoms with E-state index in [-0.39, 0.29) is 4.90 Å². The second-order valence-electron chi connectivity index (χ2n) is 6.14. The van der Waals surface area contributed by atoms with Crippen molar-refractivity contribution in [2.24, 2.45) is 0 Å². The number of sulfone groups is 1. The molecule has 0 fully saturated rings. The summed E-state index contributed by atoms with van der Waals surface area (Å²) in [5, 5.41) is 0. The minimum Gasteiger partial charge on any atom is -0.339 e. The van der Waals surface area contributed by atoms with Gasteiger partial charge in [0.05, 0.1) is 11.4 Å². The standard InChI is InChI=1S/C17H20BrNO3S2/c1-12-5-8-14(23-12)11-19(4)16(20)17(2,3)24(21,22)15-9-6-13(18)7-10-15/h5-10H,11H2,1-4H3. The molecule has 7 heteroatoms. The van der Waals surface area contributed by atoms with Gasteiger partial charge < -0.3 is 4.90 Å². The molecular formula is C17H20BrNO3S2. The van der Waals surface area contributed by atoms with Gasteiger partial charge in [-0.3, -0.25) is 4.79 Å². The molecule has 0 bridgehead atoms. The molecule has 1 aromatic heterocycles. The van der Waals surface area contributed by atoms with Gasteiger partial charge in [0, 0.05) is 21.3 Å². The highest BCUT2D eigenvalue weighted by Gasteiger charge is 2.44. The molecule has 0 radical (unpaired) electrons. The molecule has 0 saturated carbocycles. The van der Waals surface area contributed by atoms with Gasteiger partial charge in [0.15, 0.2) is 9.84 Å². The number of aryl methyl sites for hydroxylation is 1. The van der Waals surface area contributed by atoms with Gasteiger partial charge in [-0.25, -0.2) is 8.42 Å². The molecule has 4 nitrogen and oxygen atoms in total. The van der Waals surface area contributed by atoms with Crippen LogP contribution in [0.3, 0.4) is 0 Å². The van der Waals surface area contributed by atoms with E-state index in [0.717, 1.165) is 14.2 Å². The van der Waals surface area contributed by atoms with Gasteiger partial charge in [-0.05, 0) is 57.2 Å². The Morgan fingerprint density at radius 1 is 1.17 bits per heavy atom. The van der Waals surface area contributed by atoms with Crippen molar-refractivity contribution in [2.75, 3.05) is 7.05 Å². The zero-order chi connectivity index (χ0) is 18.1. The maximum absolute atomic E-state index is 12.9. The second-order valence-corrected chi connectivity index (χ2v) is 10.9. The van der Waals surface area contributed by atoms with Gasteiger partial charge in [0.1, 0.15) is 4.75 Å². The SMILES string of the molecule is Cc1ccc(CN(C)C(=O)C(C)(C)S(=O)(=O)c2ccc(Br)cc2)s1. The molecular weight excluding hydrogens is 410 g/mol. The van der Waals surface area contributed by atoms with E-state index in [4.69, 9.17) is 0 Å². The minimum absolute atomic E-state index is 0.143. The summed E-state index contributed by atoms with van der Waals surface area (Å²) in [6.07, 6.45) is 0. The van der Waals surface area contributed by atoms with Crippen LogP contribution in [0.15, 0.2) is 45.8 Å². The fraction of sp³-hybridized carbons (Fsp3) is 0.353. The molecule has 2 aromatic rings. The molecule has 2 rings (SSSR count). The Balaban J connectivity index is 2.26. The van der Waals surface area contributed by atoms with Crippen molar-refractivity contribution >= 4 is 43.0 Å². The van der Waals surface area contributed by atoms with Gasteiger partial charge in [-0.1, -0.05) is 15.9 Å². The summed E-state index contributed by atoms with van der Waals surface area (Å²) >= 11 is 4.89. The largest absolute Gasteiger partial charge is 0.339 e. The summed E-state index contributed by atoms with van der Waals surface area (Å²) in [6, 6.07) is 10.3. The van der Waals surface area contributed by atoms with Gasteiger partial charge in [-0.15, -0.1) is 11.3 Å². The molecule has 0 atom stereocenters. The van der Waals surface area contributed by atoms with E-state index in [1.807, 2.05) is 19.1 Å². The number of nitrogens with zero attached hydrogens (tertiary/aromatic N) is 1. The first kappa shape index (κ1) is 19.1. The normalized spacial score (nSPS) is 12.2. The molecule has 24 heavy (non-hydrogen) atoms. The smallest absolute Gasteiger partial charge is 0.243 e. The minimum atomic E-state index is -3.80. The van der Waals surface area contributed by atoms with Gasteiger partial charge in [-0.2, -0.15) is 0 Å². The second kappa shape index (κ2) is 6.98. The number of carbonyl (C=O) groups is 1. The summed E-state index contributed by atoms with van der Waals surface area (Å²) in [7, 11) is -2.16. The van der Waals surface area contributed by atoms with E-state index in [1.54, 1.807) is 30.5 Å². The van der Waals surface area contributed by atoms with Gasteiger partial charge >= 0.3 is 0 Å². The summed E-state index contributed by atoms with van der Waals surface area (Å²) in [5.74, 6) is -0.420. The molecule has 0 aliphatic heterocycles. The quantitative estimate of drug-likeness (QED) is 0.720. The monoisotopic (exact) mass is 429 g/mol. The van der Waals surface area contributed by atoms with E-state index in [1.165, 1.54) is 30.9 Å². The van der Waals surface area contributed by atoms with Crippen LogP contribution in [0, 0.1) is 6.92 Å². The Morgan fingerprint density at radius 3 is 2.25 bits per heavy atom. The van der Waals surface area contributed by atoms with Crippen molar-refractivity contribution in [1.29, 1.82) is 0 Å². The summed E-state index contributed by atoms with van der Waals surface area (Å²) in [4.78, 5) is 16.6. The van der Waals surface area contributed by atoms with E-state index in [0.29, 0.717) is 6.54 Å². The molecule has 0 unspecified atom stereocenters. The molecule has 0 aliphatic carbocycles. The fourth-order valence-electron chi connectivity index (χ4n) is 2.36. The van der Waals surface area contributed by atoms with E-state index in [2.05, 4.69) is 15.9 Å². The first-order valence-corrected chi connectivity index (χ1v) is 10.5. The number of carbonyl (C=O) groups excluding carboxylic acids is 1. The first-order valence-electron chi connectivity index (χ1n) is 7.37. The number of halogens is 1. The van der Waals surface area contributed by atoms with Crippen LogP contribution >= 0.6 is 27.3 Å². The lowest BCUT2D eigenvalue weighted by Gasteiger charge is -2.29. The third-order valence-electron chi connectivity index (χ3n) is 3.85. The van der Waals surface area contributed by atoms with Crippen LogP contribution in [-0.4, -0.2) is 31.0 Å². The Bertz CT molecular complexity index is 839. The lowest BCUT2D eigenvalue weighted by Crippen LogP contribution is -2.48. The average Bonchev–Trinajstić information content (AvgIpc) is 2.91. The predicted molar refractivity (Wildman–Crippen MR) is 101 cm³/mol. The zero-order valence-corrected chi connectivity index (χ0v) is 17.3. The van der Waals surface area contributed by atoms with Crippen molar-refractivity contribution in [3.8, 4) is 0 Å². The lowest BCUT2D eigenvalue weighted by molar-refractivity contribution is -0.132. The number of benzene rings is 1. The molecule has 0 aliphatic rings. The average molecular weight is 430 g/mol. The maximum atomic E-state index is 12.9. The molecule has 1 heterocycles. The van der Waals surface area contributed by atoms with Crippen molar-refractivity contribution < 1.29 is 13.2 Å². The van der Waals surface area contributed by atoms with Crippen molar-refractivity contribution in [2.45, 2.75) is 37.0 Å². The molecule has 0 spiro atoms. The number of hydrogen-bond donors (Lipinski definition) is 0. The predicted octanol–water partition coefficient (Wildman–Crippen LogP) is 4.03. The Hall–Kier alpha value is -1.18. The highest BCUT2D eigenvalue weighted by molar-refractivity contribution is 9.10. The lowest BCUT2D eigenvalue weighted by atomic mass is 10.2. The number of thiophene rings is 1. The summed E-state index contributed by atoms with van der Waals surface area (Å²) in [6.45, 7) is 5.32.